The molecule has 140 valence electrons. The Morgan fingerprint density at radius 2 is 1.72 bits per heavy atom. The van der Waals surface area contributed by atoms with Gasteiger partial charge in [0.1, 0.15) is 5.69 Å². The van der Waals surface area contributed by atoms with Gasteiger partial charge in [-0.15, -0.1) is 0 Å². The van der Waals surface area contributed by atoms with Gasteiger partial charge in [0.05, 0.1) is 13.2 Å². The zero-order chi connectivity index (χ0) is 19.3. The molecule has 1 aromatic rings. The van der Waals surface area contributed by atoms with Gasteiger partial charge in [0.2, 0.25) is 5.91 Å². The summed E-state index contributed by atoms with van der Waals surface area (Å²) in [5.41, 5.74) is 1.95. The van der Waals surface area contributed by atoms with E-state index in [2.05, 4.69) is 4.98 Å². The number of nitrogens with one attached hydrogen (secondary N) is 1. The molecule has 1 aromatic heterocycles. The van der Waals surface area contributed by atoms with E-state index < -0.39 is 5.97 Å². The Labute approximate surface area is 149 Å². The van der Waals surface area contributed by atoms with Crippen LogP contribution in [0.3, 0.4) is 0 Å². The molecule has 0 radical (unpaired) electrons. The minimum Gasteiger partial charge on any atom is -0.461 e. The van der Waals surface area contributed by atoms with Gasteiger partial charge < -0.3 is 14.6 Å². The lowest BCUT2D eigenvalue weighted by molar-refractivity contribution is -0.134. The van der Waals surface area contributed by atoms with Crippen molar-refractivity contribution in [2.24, 2.45) is 11.8 Å². The lowest BCUT2D eigenvalue weighted by Gasteiger charge is -2.25. The molecule has 0 aromatic carbocycles. The van der Waals surface area contributed by atoms with Crippen LogP contribution in [0.2, 0.25) is 0 Å². The molecule has 0 aliphatic heterocycles. The summed E-state index contributed by atoms with van der Waals surface area (Å²) < 4.78 is 5.01. The second-order valence-corrected chi connectivity index (χ2v) is 7.04. The minimum atomic E-state index is -0.473. The molecular weight excluding hydrogens is 320 g/mol. The normalized spacial score (nSPS) is 11.1. The van der Waals surface area contributed by atoms with Crippen LogP contribution < -0.4 is 0 Å². The molecule has 6 nitrogen and oxygen atoms in total. The zero-order valence-corrected chi connectivity index (χ0v) is 16.4. The third-order valence-corrected chi connectivity index (χ3v) is 3.92. The summed E-state index contributed by atoms with van der Waals surface area (Å²) in [6.07, 6.45) is 0. The predicted octanol–water partition coefficient (Wildman–Crippen LogP) is 3.13. The molecule has 0 atom stereocenters. The zero-order valence-electron chi connectivity index (χ0n) is 16.4. The van der Waals surface area contributed by atoms with Crippen molar-refractivity contribution in [3.05, 3.63) is 22.5 Å². The molecule has 0 aliphatic rings. The van der Waals surface area contributed by atoms with E-state index in [-0.39, 0.29) is 36.7 Å². The number of aromatic amines is 1. The number of H-pyrrole nitrogens is 1. The van der Waals surface area contributed by atoms with Gasteiger partial charge in [-0.25, -0.2) is 4.79 Å². The quantitative estimate of drug-likeness (QED) is 0.577. The highest BCUT2D eigenvalue weighted by Crippen LogP contribution is 2.20. The van der Waals surface area contributed by atoms with E-state index in [1.54, 1.807) is 25.7 Å². The number of esters is 1. The largest absolute Gasteiger partial charge is 0.461 e. The van der Waals surface area contributed by atoms with Crippen molar-refractivity contribution < 1.29 is 19.1 Å². The maximum Gasteiger partial charge on any atom is 0.355 e. The van der Waals surface area contributed by atoms with Crippen molar-refractivity contribution in [3.63, 3.8) is 0 Å². The second kappa shape index (κ2) is 8.83. The van der Waals surface area contributed by atoms with Crippen LogP contribution in [0.15, 0.2) is 0 Å². The number of carbonyl (C=O) groups excluding carboxylic acids is 3. The monoisotopic (exact) mass is 350 g/mol. The van der Waals surface area contributed by atoms with Crippen molar-refractivity contribution in [1.82, 2.24) is 9.88 Å². The SMILES string of the molecule is CCOC(=O)c1[nH]c(C)c(C(=O)CN(CC(C)C)C(=O)C(C)C)c1C. The summed E-state index contributed by atoms with van der Waals surface area (Å²) >= 11 is 0. The van der Waals surface area contributed by atoms with Crippen LogP contribution in [0.5, 0.6) is 0 Å². The number of rotatable bonds is 8. The lowest BCUT2D eigenvalue weighted by Crippen LogP contribution is -2.40. The first kappa shape index (κ1) is 20.9. The number of hydrogen-bond donors (Lipinski definition) is 1. The Hall–Kier alpha value is -2.11. The van der Waals surface area contributed by atoms with Gasteiger partial charge >= 0.3 is 5.97 Å². The van der Waals surface area contributed by atoms with Gasteiger partial charge in [0.25, 0.3) is 0 Å². The van der Waals surface area contributed by atoms with Gasteiger partial charge in [-0.3, -0.25) is 9.59 Å². The van der Waals surface area contributed by atoms with E-state index in [4.69, 9.17) is 4.74 Å². The van der Waals surface area contributed by atoms with Crippen LogP contribution in [-0.2, 0) is 9.53 Å². The molecule has 0 fully saturated rings. The number of amides is 1. The number of ketones is 1. The predicted molar refractivity (Wildman–Crippen MR) is 96.8 cm³/mol. The lowest BCUT2D eigenvalue weighted by atomic mass is 10.0. The Morgan fingerprint density at radius 1 is 1.12 bits per heavy atom. The molecule has 0 bridgehead atoms. The van der Waals surface area contributed by atoms with E-state index in [0.717, 1.165) is 0 Å². The Kier molecular flexibility index (Phi) is 7.39. The fourth-order valence-electron chi connectivity index (χ4n) is 2.87. The molecule has 1 rings (SSSR count). The van der Waals surface area contributed by atoms with Crippen LogP contribution in [0.25, 0.3) is 0 Å². The fraction of sp³-hybridized carbons (Fsp3) is 0.632. The number of nitrogens with zero attached hydrogens (tertiary/aromatic N) is 1. The molecule has 6 heteroatoms. The Morgan fingerprint density at radius 3 is 2.20 bits per heavy atom. The minimum absolute atomic E-state index is 0.0109. The van der Waals surface area contributed by atoms with Crippen molar-refractivity contribution in [2.45, 2.75) is 48.5 Å². The first-order valence-electron chi connectivity index (χ1n) is 8.78. The van der Waals surface area contributed by atoms with E-state index in [0.29, 0.717) is 29.1 Å². The number of hydrogen-bond acceptors (Lipinski definition) is 4. The van der Waals surface area contributed by atoms with Gasteiger partial charge in [0, 0.05) is 23.7 Å². The van der Waals surface area contributed by atoms with E-state index in [1.807, 2.05) is 27.7 Å². The molecule has 25 heavy (non-hydrogen) atoms. The fourth-order valence-corrected chi connectivity index (χ4v) is 2.87. The summed E-state index contributed by atoms with van der Waals surface area (Å²) in [6.45, 7) is 13.7. The standard InChI is InChI=1S/C19H30N2O4/c1-8-25-19(24)17-13(6)16(14(7)20-17)15(22)10-21(9-11(2)3)18(23)12(4)5/h11-12,20H,8-10H2,1-7H3. The van der Waals surface area contributed by atoms with Crippen molar-refractivity contribution in [2.75, 3.05) is 19.7 Å². The van der Waals surface area contributed by atoms with Crippen LogP contribution in [0, 0.1) is 25.7 Å². The molecule has 0 spiro atoms. The number of ether oxygens (including phenoxy) is 1. The number of carbonyl (C=O) groups is 3. The van der Waals surface area contributed by atoms with Crippen LogP contribution in [0.1, 0.15) is 66.7 Å². The molecular formula is C19H30N2O4. The number of aromatic nitrogens is 1. The van der Waals surface area contributed by atoms with Gasteiger partial charge in [-0.2, -0.15) is 0 Å². The molecule has 1 amide bonds. The maximum atomic E-state index is 12.8. The maximum absolute atomic E-state index is 12.8. The number of Topliss-reactive ketones (excluding diaryl/α,β-unsaturated/α-hetero) is 1. The molecule has 0 aliphatic carbocycles. The summed E-state index contributed by atoms with van der Waals surface area (Å²) in [4.78, 5) is 41.8. The highest BCUT2D eigenvalue weighted by molar-refractivity contribution is 6.04. The van der Waals surface area contributed by atoms with Crippen LogP contribution in [0.4, 0.5) is 0 Å². The van der Waals surface area contributed by atoms with Gasteiger partial charge in [-0.1, -0.05) is 27.7 Å². The molecule has 1 N–H and O–H groups in total. The smallest absolute Gasteiger partial charge is 0.355 e. The average Bonchev–Trinajstić information content (AvgIpc) is 2.80. The van der Waals surface area contributed by atoms with Crippen molar-refractivity contribution >= 4 is 17.7 Å². The number of aryl methyl sites for hydroxylation is 1. The van der Waals surface area contributed by atoms with Crippen LogP contribution in [-0.4, -0.2) is 47.2 Å². The second-order valence-electron chi connectivity index (χ2n) is 7.04. The van der Waals surface area contributed by atoms with E-state index >= 15 is 0 Å². The third kappa shape index (κ3) is 5.18. The summed E-state index contributed by atoms with van der Waals surface area (Å²) in [7, 11) is 0. The van der Waals surface area contributed by atoms with Crippen molar-refractivity contribution in [1.29, 1.82) is 0 Å². The highest BCUT2D eigenvalue weighted by atomic mass is 16.5. The first-order chi connectivity index (χ1) is 11.6. The third-order valence-electron chi connectivity index (χ3n) is 3.92. The summed E-state index contributed by atoms with van der Waals surface area (Å²) in [5.74, 6) is -0.594. The average molecular weight is 350 g/mol. The Balaban J connectivity index is 3.09. The molecule has 0 saturated carbocycles. The van der Waals surface area contributed by atoms with Crippen LogP contribution >= 0.6 is 0 Å². The van der Waals surface area contributed by atoms with Gasteiger partial charge in [-0.05, 0) is 32.3 Å². The molecule has 0 saturated heterocycles. The van der Waals surface area contributed by atoms with E-state index in [9.17, 15) is 14.4 Å². The van der Waals surface area contributed by atoms with E-state index in [1.165, 1.54) is 0 Å². The Bertz CT molecular complexity index is 644. The first-order valence-corrected chi connectivity index (χ1v) is 8.78. The summed E-state index contributed by atoms with van der Waals surface area (Å²) in [5, 5.41) is 0. The highest BCUT2D eigenvalue weighted by Gasteiger charge is 2.26. The van der Waals surface area contributed by atoms with Gasteiger partial charge in [0.15, 0.2) is 5.78 Å². The topological polar surface area (TPSA) is 79.5 Å². The summed E-state index contributed by atoms with van der Waals surface area (Å²) in [6, 6.07) is 0. The molecule has 1 heterocycles. The molecule has 0 unspecified atom stereocenters. The van der Waals surface area contributed by atoms with Crippen molar-refractivity contribution in [3.8, 4) is 0 Å².